The molecule has 0 atom stereocenters. The first-order chi connectivity index (χ1) is 15.0. The Morgan fingerprint density at radius 2 is 1.81 bits per heavy atom. The maximum Gasteiger partial charge on any atom is 0.337 e. The number of methoxy groups -OCH3 is 2. The molecule has 0 saturated carbocycles. The van der Waals surface area contributed by atoms with Gasteiger partial charge in [0.2, 0.25) is 0 Å². The lowest BCUT2D eigenvalue weighted by atomic mass is 10.1. The van der Waals surface area contributed by atoms with Gasteiger partial charge in [-0.1, -0.05) is 30.3 Å². The topological polar surface area (TPSA) is 72.7 Å². The minimum Gasteiger partial charge on any atom is -0.497 e. The molecule has 0 unspecified atom stereocenters. The van der Waals surface area contributed by atoms with Crippen LogP contribution in [0.25, 0.3) is 0 Å². The normalized spacial score (nSPS) is 10.8. The summed E-state index contributed by atoms with van der Waals surface area (Å²) >= 11 is 0. The summed E-state index contributed by atoms with van der Waals surface area (Å²) in [7, 11) is 3.31. The van der Waals surface area contributed by atoms with Crippen molar-refractivity contribution in [2.24, 2.45) is 0 Å². The maximum absolute atomic E-state index is 12.0. The third-order valence-corrected chi connectivity index (χ3v) is 5.66. The van der Waals surface area contributed by atoms with Crippen molar-refractivity contribution in [3.63, 3.8) is 0 Å². The van der Waals surface area contributed by atoms with Crippen molar-refractivity contribution in [3.8, 4) is 11.5 Å². The van der Waals surface area contributed by atoms with E-state index < -0.39 is 5.97 Å². The van der Waals surface area contributed by atoms with Gasteiger partial charge >= 0.3 is 5.97 Å². The zero-order valence-corrected chi connectivity index (χ0v) is 18.6. The van der Waals surface area contributed by atoms with Gasteiger partial charge in [-0.2, -0.15) is 0 Å². The predicted octanol–water partition coefficient (Wildman–Crippen LogP) is 4.20. The molecule has 3 rings (SSSR count). The molecule has 0 aliphatic rings. The van der Waals surface area contributed by atoms with Crippen LogP contribution in [0, 0.1) is 13.8 Å². The Morgan fingerprint density at radius 3 is 2.52 bits per heavy atom. The highest BCUT2D eigenvalue weighted by molar-refractivity contribution is 5.91. The smallest absolute Gasteiger partial charge is 0.337 e. The number of carbonyl (C=O) groups is 1. The van der Waals surface area contributed by atoms with Crippen molar-refractivity contribution >= 4 is 5.97 Å². The summed E-state index contributed by atoms with van der Waals surface area (Å²) in [6.45, 7) is 5.66. The Bertz CT molecular complexity index is 1060. The number of hydrogen-bond acceptors (Lipinski definition) is 4. The second-order valence-electron chi connectivity index (χ2n) is 7.51. The van der Waals surface area contributed by atoms with E-state index in [0.717, 1.165) is 52.5 Å². The average Bonchev–Trinajstić information content (AvgIpc) is 3.01. The van der Waals surface area contributed by atoms with E-state index in [1.54, 1.807) is 14.2 Å². The van der Waals surface area contributed by atoms with E-state index in [-0.39, 0.29) is 0 Å². The lowest BCUT2D eigenvalue weighted by molar-refractivity contribution is 0.0694. The summed E-state index contributed by atoms with van der Waals surface area (Å²) in [5, 5.41) is 13.3. The number of aromatic nitrogens is 1. The summed E-state index contributed by atoms with van der Waals surface area (Å²) in [6.07, 6.45) is 0.801. The third kappa shape index (κ3) is 5.09. The molecule has 0 amide bonds. The Hall–Kier alpha value is -3.25. The molecule has 0 bridgehead atoms. The van der Waals surface area contributed by atoms with Gasteiger partial charge in [0, 0.05) is 30.0 Å². The van der Waals surface area contributed by atoms with Crippen LogP contribution in [0.4, 0.5) is 0 Å². The molecular formula is C25H30N2O4. The fourth-order valence-corrected chi connectivity index (χ4v) is 3.99. The zero-order chi connectivity index (χ0) is 22.4. The lowest BCUT2D eigenvalue weighted by Gasteiger charge is -2.12. The van der Waals surface area contributed by atoms with Crippen molar-refractivity contribution in [3.05, 3.63) is 82.2 Å². The van der Waals surface area contributed by atoms with Crippen LogP contribution in [-0.4, -0.2) is 36.4 Å². The van der Waals surface area contributed by atoms with Crippen molar-refractivity contribution < 1.29 is 19.4 Å². The quantitative estimate of drug-likeness (QED) is 0.479. The second kappa shape index (κ2) is 10.2. The number of ether oxygens (including phenoxy) is 2. The number of rotatable bonds is 10. The largest absolute Gasteiger partial charge is 0.497 e. The summed E-state index contributed by atoms with van der Waals surface area (Å²) in [6, 6.07) is 15.8. The van der Waals surface area contributed by atoms with Crippen LogP contribution < -0.4 is 14.8 Å². The molecule has 1 aromatic heterocycles. The van der Waals surface area contributed by atoms with Gasteiger partial charge in [-0.3, -0.25) is 0 Å². The molecular weight excluding hydrogens is 392 g/mol. The number of hydrogen-bond donors (Lipinski definition) is 2. The molecule has 1 heterocycles. The van der Waals surface area contributed by atoms with E-state index in [4.69, 9.17) is 9.47 Å². The number of para-hydroxylation sites is 1. The Labute approximate surface area is 183 Å². The minimum atomic E-state index is -0.897. The Morgan fingerprint density at radius 1 is 1.03 bits per heavy atom. The Balaban J connectivity index is 1.76. The fourth-order valence-electron chi connectivity index (χ4n) is 3.99. The van der Waals surface area contributed by atoms with Gasteiger partial charge in [0.15, 0.2) is 0 Å². The number of nitrogens with one attached hydrogen (secondary N) is 1. The first-order valence-electron chi connectivity index (χ1n) is 10.3. The molecule has 6 nitrogen and oxygen atoms in total. The van der Waals surface area contributed by atoms with Gasteiger partial charge in [0.25, 0.3) is 0 Å². The van der Waals surface area contributed by atoms with E-state index in [9.17, 15) is 9.90 Å². The molecule has 3 aromatic rings. The Kier molecular flexibility index (Phi) is 7.36. The summed E-state index contributed by atoms with van der Waals surface area (Å²) in [5.41, 5.74) is 5.11. The van der Waals surface area contributed by atoms with E-state index in [1.807, 2.05) is 62.4 Å². The predicted molar refractivity (Wildman–Crippen MR) is 121 cm³/mol. The van der Waals surface area contributed by atoms with Crippen LogP contribution in [0.5, 0.6) is 11.5 Å². The third-order valence-electron chi connectivity index (χ3n) is 5.66. The molecule has 2 N–H and O–H groups in total. The first kappa shape index (κ1) is 22.4. The van der Waals surface area contributed by atoms with Gasteiger partial charge in [-0.25, -0.2) is 4.79 Å². The highest BCUT2D eigenvalue weighted by Crippen LogP contribution is 2.25. The van der Waals surface area contributed by atoms with Crippen molar-refractivity contribution in [1.29, 1.82) is 0 Å². The van der Waals surface area contributed by atoms with Gasteiger partial charge < -0.3 is 24.5 Å². The number of nitrogens with zero attached hydrogens (tertiary/aromatic N) is 1. The fraction of sp³-hybridized carbons (Fsp3) is 0.320. The van der Waals surface area contributed by atoms with Crippen LogP contribution >= 0.6 is 0 Å². The van der Waals surface area contributed by atoms with Gasteiger partial charge in [-0.05, 0) is 56.1 Å². The van der Waals surface area contributed by atoms with Crippen molar-refractivity contribution in [2.75, 3.05) is 20.8 Å². The molecule has 0 fully saturated rings. The second-order valence-corrected chi connectivity index (χ2v) is 7.51. The van der Waals surface area contributed by atoms with Gasteiger partial charge in [-0.15, -0.1) is 0 Å². The highest BCUT2D eigenvalue weighted by atomic mass is 16.5. The van der Waals surface area contributed by atoms with Gasteiger partial charge in [0.05, 0.1) is 19.8 Å². The number of carboxylic acids is 1. The van der Waals surface area contributed by atoms with Gasteiger partial charge in [0.1, 0.15) is 11.5 Å². The van der Waals surface area contributed by atoms with E-state index in [2.05, 4.69) is 9.88 Å². The summed E-state index contributed by atoms with van der Waals surface area (Å²) in [5.74, 6) is 0.759. The molecule has 6 heteroatoms. The van der Waals surface area contributed by atoms with Crippen LogP contribution in [-0.2, 0) is 19.5 Å². The lowest BCUT2D eigenvalue weighted by Crippen LogP contribution is -2.19. The van der Waals surface area contributed by atoms with Crippen molar-refractivity contribution in [2.45, 2.75) is 33.4 Å². The minimum absolute atomic E-state index is 0.380. The monoisotopic (exact) mass is 422 g/mol. The molecule has 164 valence electrons. The van der Waals surface area contributed by atoms with E-state index >= 15 is 0 Å². The summed E-state index contributed by atoms with van der Waals surface area (Å²) < 4.78 is 12.8. The van der Waals surface area contributed by atoms with E-state index in [0.29, 0.717) is 18.7 Å². The van der Waals surface area contributed by atoms with Crippen molar-refractivity contribution in [1.82, 2.24) is 9.88 Å². The average molecular weight is 423 g/mol. The molecule has 0 aliphatic heterocycles. The maximum atomic E-state index is 12.0. The molecule has 0 spiro atoms. The van der Waals surface area contributed by atoms with Crippen LogP contribution in [0.1, 0.15) is 38.4 Å². The van der Waals surface area contributed by atoms with E-state index in [1.165, 1.54) is 0 Å². The van der Waals surface area contributed by atoms with Crippen LogP contribution in [0.3, 0.4) is 0 Å². The molecule has 0 radical (unpaired) electrons. The molecule has 2 aromatic carbocycles. The molecule has 31 heavy (non-hydrogen) atoms. The number of benzene rings is 2. The summed E-state index contributed by atoms with van der Waals surface area (Å²) in [4.78, 5) is 12.0. The molecule has 0 saturated heterocycles. The highest BCUT2D eigenvalue weighted by Gasteiger charge is 2.22. The van der Waals surface area contributed by atoms with Crippen LogP contribution in [0.15, 0.2) is 48.5 Å². The number of carboxylic acid groups (broad SMARTS) is 1. The first-order valence-corrected chi connectivity index (χ1v) is 10.3. The SMILES string of the molecule is COc1cccc(Cn2c(C)c(CNCCc3ccccc3OC)c(C(=O)O)c2C)c1. The molecule has 0 aliphatic carbocycles. The zero-order valence-electron chi connectivity index (χ0n) is 18.6. The number of aromatic carboxylic acids is 1. The standard InChI is InChI=1S/C25H30N2O4/c1-17-22(15-26-13-12-20-9-5-6-11-23(20)31-4)24(25(28)29)18(2)27(17)16-19-8-7-10-21(14-19)30-3/h5-11,14,26H,12-13,15-16H2,1-4H3,(H,28,29). The van der Waals surface area contributed by atoms with Crippen LogP contribution in [0.2, 0.25) is 0 Å².